The van der Waals surface area contributed by atoms with Crippen LogP contribution in [0.15, 0.2) is 183 Å². The molecule has 10 atom stereocenters. The maximum atomic E-state index is 3.00. The lowest BCUT2D eigenvalue weighted by atomic mass is 9.64. The third-order valence-corrected chi connectivity index (χ3v) is 17.2. The molecule has 0 amide bonds. The van der Waals surface area contributed by atoms with Crippen LogP contribution < -0.4 is 0 Å². The van der Waals surface area contributed by atoms with Gasteiger partial charge in [0.1, 0.15) is 0 Å². The zero-order chi connectivity index (χ0) is 36.3. The minimum atomic E-state index is 0.407. The van der Waals surface area contributed by atoms with Crippen LogP contribution in [0.1, 0.15) is 75.7 Å². The molecule has 55 heavy (non-hydrogen) atoms. The molecule has 8 aliphatic carbocycles. The van der Waals surface area contributed by atoms with Crippen LogP contribution in [-0.4, -0.2) is 27.5 Å². The van der Waals surface area contributed by atoms with Gasteiger partial charge in [-0.25, -0.2) is 0 Å². The molecule has 10 aliphatic rings. The average molecular weight is 756 g/mol. The molecule has 0 aromatic heterocycles. The van der Waals surface area contributed by atoms with Crippen molar-refractivity contribution in [1.82, 2.24) is 4.90 Å². The molecule has 1 nitrogen and oxygen atoms in total. The largest absolute Gasteiger partial charge is 0.361 e. The monoisotopic (exact) mass is 755 g/mol. The topological polar surface area (TPSA) is 3.24 Å². The van der Waals surface area contributed by atoms with Gasteiger partial charge >= 0.3 is 0 Å². The summed E-state index contributed by atoms with van der Waals surface area (Å²) < 4.78 is 0. The van der Waals surface area contributed by atoms with E-state index in [1.54, 1.807) is 16.1 Å². The van der Waals surface area contributed by atoms with Gasteiger partial charge in [0.25, 0.3) is 0 Å². The van der Waals surface area contributed by atoms with E-state index in [-0.39, 0.29) is 0 Å². The Morgan fingerprint density at radius 1 is 0.691 bits per heavy atom. The Morgan fingerprint density at radius 2 is 1.67 bits per heavy atom. The van der Waals surface area contributed by atoms with Crippen molar-refractivity contribution in [1.29, 1.82) is 0 Å². The summed E-state index contributed by atoms with van der Waals surface area (Å²) in [5, 5.41) is 1.02. The Hall–Kier alpha value is -3.66. The van der Waals surface area contributed by atoms with Crippen molar-refractivity contribution in [2.24, 2.45) is 29.6 Å². The normalized spacial score (nSPS) is 36.5. The first-order chi connectivity index (χ1) is 27.3. The Bertz CT molecular complexity index is 2150. The van der Waals surface area contributed by atoms with E-state index >= 15 is 0 Å². The predicted molar refractivity (Wildman–Crippen MR) is 235 cm³/mol. The van der Waals surface area contributed by atoms with Crippen LogP contribution in [0.25, 0.3) is 0 Å². The van der Waals surface area contributed by atoms with Crippen molar-refractivity contribution < 1.29 is 0 Å². The summed E-state index contributed by atoms with van der Waals surface area (Å²) in [6.07, 6.45) is 59.6. The molecule has 8 unspecified atom stereocenters. The zero-order valence-electron chi connectivity index (χ0n) is 31.9. The Morgan fingerprint density at radius 3 is 2.56 bits per heavy atom. The molecule has 0 fully saturated rings. The molecule has 11 rings (SSSR count). The van der Waals surface area contributed by atoms with Crippen LogP contribution in [-0.2, 0) is 0 Å². The molecule has 1 aromatic carbocycles. The molecule has 0 saturated heterocycles. The summed E-state index contributed by atoms with van der Waals surface area (Å²) >= 11 is 4.26. The summed E-state index contributed by atoms with van der Waals surface area (Å²) in [6.45, 7) is 0. The number of rotatable bonds is 6. The average Bonchev–Trinajstić information content (AvgIpc) is 3.83. The van der Waals surface area contributed by atoms with Crippen molar-refractivity contribution in [2.45, 2.75) is 97.6 Å². The van der Waals surface area contributed by atoms with Gasteiger partial charge in [-0.3, -0.25) is 0 Å². The highest BCUT2D eigenvalue weighted by molar-refractivity contribution is 8.04. The summed E-state index contributed by atoms with van der Waals surface area (Å²) in [5.41, 5.74) is 10.8. The summed E-state index contributed by atoms with van der Waals surface area (Å²) in [6, 6.07) is 9.95. The second-order valence-electron chi connectivity index (χ2n) is 17.3. The Labute approximate surface area is 337 Å². The highest BCUT2D eigenvalue weighted by Crippen LogP contribution is 2.56. The van der Waals surface area contributed by atoms with Crippen LogP contribution in [0.2, 0.25) is 0 Å². The fourth-order valence-electron chi connectivity index (χ4n) is 11.7. The highest BCUT2D eigenvalue weighted by Gasteiger charge is 2.47. The molecule has 0 bridgehead atoms. The Balaban J connectivity index is 0.934. The molecule has 3 heteroatoms. The van der Waals surface area contributed by atoms with E-state index in [4.69, 9.17) is 0 Å². The second-order valence-corrected chi connectivity index (χ2v) is 19.6. The minimum Gasteiger partial charge on any atom is -0.361 e. The molecule has 0 saturated carbocycles. The first-order valence-electron chi connectivity index (χ1n) is 21.5. The molecular formula is C52H53NS2. The zero-order valence-corrected chi connectivity index (χ0v) is 33.5. The standard InChI is InChI=1S/C52H53NS2/c1-3-13-35(14-4-1)39-30-31-47(42-18-8-7-17-41(39)42)53(38-28-25-34(26-29-38)37-27-32-50-46(33-37)43-19-9-10-24-49(43)54-50)48-23-12-22-45-44-21-11-20-40(51(44)55-52(45)48)36-15-5-2-6-16-36/h1,3-5,7,9-10,13,15-17,19-20,22,24-25,27-35,39,41-42,46-48,50,52H,2,6,8,11-12,14,18,21,23,26H2/t34?,35?,39?,41?,42?,46?,47?,48-,50?,52+/m1/s1. The van der Waals surface area contributed by atoms with Gasteiger partial charge in [0.2, 0.25) is 0 Å². The van der Waals surface area contributed by atoms with Gasteiger partial charge in [-0.1, -0.05) is 128 Å². The van der Waals surface area contributed by atoms with Crippen LogP contribution in [0, 0.1) is 29.6 Å². The molecule has 2 heterocycles. The molecule has 0 spiro atoms. The number of allylic oxidation sites excluding steroid dienone is 21. The first-order valence-corrected chi connectivity index (χ1v) is 23.2. The first kappa shape index (κ1) is 34.6. The van der Waals surface area contributed by atoms with Crippen LogP contribution in [0.4, 0.5) is 0 Å². The lowest BCUT2D eigenvalue weighted by Crippen LogP contribution is -2.53. The van der Waals surface area contributed by atoms with Crippen LogP contribution in [0.5, 0.6) is 0 Å². The van der Waals surface area contributed by atoms with Crippen LogP contribution >= 0.6 is 23.5 Å². The quantitative estimate of drug-likeness (QED) is 0.266. The van der Waals surface area contributed by atoms with E-state index in [2.05, 4.69) is 156 Å². The van der Waals surface area contributed by atoms with Crippen LogP contribution in [0.3, 0.4) is 0 Å². The lowest BCUT2D eigenvalue weighted by Gasteiger charge is -2.52. The van der Waals surface area contributed by atoms with Gasteiger partial charge in [0, 0.05) is 38.6 Å². The van der Waals surface area contributed by atoms with E-state index in [0.717, 1.165) is 19.3 Å². The highest BCUT2D eigenvalue weighted by atomic mass is 32.2. The van der Waals surface area contributed by atoms with Gasteiger partial charge in [-0.05, 0) is 133 Å². The number of fused-ring (bicyclic) bond motifs is 6. The number of thioether (sulfide) groups is 2. The van der Waals surface area contributed by atoms with E-state index in [0.29, 0.717) is 58.1 Å². The maximum absolute atomic E-state index is 3.00. The maximum Gasteiger partial charge on any atom is 0.0548 e. The van der Waals surface area contributed by atoms with Crippen molar-refractivity contribution in [3.63, 3.8) is 0 Å². The van der Waals surface area contributed by atoms with E-state index in [1.165, 1.54) is 77.8 Å². The number of hydrogen-bond donors (Lipinski definition) is 0. The van der Waals surface area contributed by atoms with E-state index in [9.17, 15) is 0 Å². The third-order valence-electron chi connectivity index (χ3n) is 14.3. The van der Waals surface area contributed by atoms with Gasteiger partial charge < -0.3 is 4.90 Å². The summed E-state index contributed by atoms with van der Waals surface area (Å²) in [5.74, 6) is 3.32. The van der Waals surface area contributed by atoms with Crippen molar-refractivity contribution >= 4 is 23.5 Å². The summed E-state index contributed by atoms with van der Waals surface area (Å²) in [4.78, 5) is 6.06. The minimum absolute atomic E-state index is 0.407. The molecule has 0 N–H and O–H groups in total. The second kappa shape index (κ2) is 14.7. The Kier molecular flexibility index (Phi) is 9.23. The molecule has 1 aromatic rings. The number of benzene rings is 1. The fourth-order valence-corrected chi connectivity index (χ4v) is 14.8. The lowest BCUT2D eigenvalue weighted by molar-refractivity contribution is 0.100. The van der Waals surface area contributed by atoms with E-state index in [1.807, 2.05) is 11.8 Å². The molecular weight excluding hydrogens is 703 g/mol. The van der Waals surface area contributed by atoms with Gasteiger partial charge in [0.05, 0.1) is 11.3 Å². The van der Waals surface area contributed by atoms with Gasteiger partial charge in [-0.2, -0.15) is 0 Å². The molecule has 0 radical (unpaired) electrons. The van der Waals surface area contributed by atoms with Crippen molar-refractivity contribution in [3.8, 4) is 0 Å². The molecule has 278 valence electrons. The molecule has 2 aliphatic heterocycles. The third kappa shape index (κ3) is 6.15. The summed E-state index contributed by atoms with van der Waals surface area (Å²) in [7, 11) is 0. The predicted octanol–water partition coefficient (Wildman–Crippen LogP) is 13.2. The number of nitrogens with zero attached hydrogens (tertiary/aromatic N) is 1. The number of hydrogen-bond acceptors (Lipinski definition) is 3. The van der Waals surface area contributed by atoms with Gasteiger partial charge in [0.15, 0.2) is 0 Å². The van der Waals surface area contributed by atoms with E-state index < -0.39 is 0 Å². The fraction of sp³-hybridized carbons (Fsp3) is 0.385. The smallest absolute Gasteiger partial charge is 0.0548 e. The van der Waals surface area contributed by atoms with Crippen molar-refractivity contribution in [3.05, 3.63) is 184 Å². The van der Waals surface area contributed by atoms with Gasteiger partial charge in [-0.15, -0.1) is 23.5 Å². The van der Waals surface area contributed by atoms with Crippen molar-refractivity contribution in [2.75, 3.05) is 0 Å². The SMILES string of the molecule is C1=CCC(C2C=CC(N(C3=CCC(C4=CC5c6ccccc6SC5C=C4)C=C3)[C@@H]3CCC=C4C5=C(S[C@@H]43)C(C3=CCCC=C3)=CCC5)C3CCC=CC23)C=C1.